The van der Waals surface area contributed by atoms with E-state index in [1.54, 1.807) is 53.1 Å². The SMILES string of the molecule is CS(=O)(=O)c1cccc(-n2c(-c3ccc(Cl)cc3)cc(C(=O)O)c2-c2ccccc2)c1. The van der Waals surface area contributed by atoms with E-state index in [2.05, 4.69) is 0 Å². The Balaban J connectivity index is 2.10. The van der Waals surface area contributed by atoms with Crippen molar-refractivity contribution in [2.75, 3.05) is 6.26 Å². The summed E-state index contributed by atoms with van der Waals surface area (Å²) < 4.78 is 26.1. The topological polar surface area (TPSA) is 76.4 Å². The number of aromatic carboxylic acids is 1. The number of benzene rings is 3. The summed E-state index contributed by atoms with van der Waals surface area (Å²) >= 11 is 6.04. The molecule has 156 valence electrons. The van der Waals surface area contributed by atoms with Gasteiger partial charge in [0.1, 0.15) is 0 Å². The van der Waals surface area contributed by atoms with E-state index in [9.17, 15) is 18.3 Å². The van der Waals surface area contributed by atoms with Gasteiger partial charge in [0, 0.05) is 17.0 Å². The van der Waals surface area contributed by atoms with E-state index in [-0.39, 0.29) is 10.5 Å². The van der Waals surface area contributed by atoms with Gasteiger partial charge in [0.25, 0.3) is 0 Å². The predicted octanol–water partition coefficient (Wildman–Crippen LogP) is 5.57. The van der Waals surface area contributed by atoms with Crippen molar-refractivity contribution in [1.82, 2.24) is 4.57 Å². The van der Waals surface area contributed by atoms with E-state index in [1.807, 2.05) is 30.3 Å². The molecule has 0 saturated heterocycles. The van der Waals surface area contributed by atoms with Gasteiger partial charge in [-0.25, -0.2) is 13.2 Å². The summed E-state index contributed by atoms with van der Waals surface area (Å²) in [5.74, 6) is -1.08. The Morgan fingerprint density at radius 1 is 0.871 bits per heavy atom. The number of rotatable bonds is 5. The first-order valence-corrected chi connectivity index (χ1v) is 11.6. The summed E-state index contributed by atoms with van der Waals surface area (Å²) in [5, 5.41) is 10.5. The van der Waals surface area contributed by atoms with E-state index < -0.39 is 15.8 Å². The molecule has 0 bridgehead atoms. The third-order valence-corrected chi connectivity index (χ3v) is 6.28. The smallest absolute Gasteiger partial charge is 0.337 e. The second-order valence-electron chi connectivity index (χ2n) is 7.07. The van der Waals surface area contributed by atoms with Gasteiger partial charge in [-0.3, -0.25) is 0 Å². The molecule has 0 radical (unpaired) electrons. The molecular formula is C24H18ClNO4S. The van der Waals surface area contributed by atoms with Crippen molar-refractivity contribution in [3.63, 3.8) is 0 Å². The zero-order chi connectivity index (χ0) is 22.2. The van der Waals surface area contributed by atoms with Crippen LogP contribution < -0.4 is 0 Å². The highest BCUT2D eigenvalue weighted by atomic mass is 35.5. The third-order valence-electron chi connectivity index (χ3n) is 4.92. The van der Waals surface area contributed by atoms with Crippen LogP contribution in [0.2, 0.25) is 5.02 Å². The van der Waals surface area contributed by atoms with Crippen LogP contribution in [0.5, 0.6) is 0 Å². The maximum Gasteiger partial charge on any atom is 0.337 e. The molecule has 7 heteroatoms. The second-order valence-corrected chi connectivity index (χ2v) is 9.53. The average molecular weight is 452 g/mol. The molecule has 1 N–H and O–H groups in total. The number of aromatic nitrogens is 1. The summed E-state index contributed by atoms with van der Waals surface area (Å²) in [6.45, 7) is 0. The molecule has 0 amide bonds. The molecule has 0 fully saturated rings. The standard InChI is InChI=1S/C24H18ClNO4S/c1-31(29,30)20-9-5-8-19(14-20)26-22(16-10-12-18(25)13-11-16)15-21(24(27)28)23(26)17-6-3-2-4-7-17/h2-15H,1H3,(H,27,28). The molecule has 0 atom stereocenters. The van der Waals surface area contributed by atoms with Gasteiger partial charge in [-0.15, -0.1) is 0 Å². The second kappa shape index (κ2) is 8.06. The zero-order valence-electron chi connectivity index (χ0n) is 16.5. The highest BCUT2D eigenvalue weighted by Crippen LogP contribution is 2.36. The van der Waals surface area contributed by atoms with Crippen LogP contribution in [0.15, 0.2) is 89.8 Å². The van der Waals surface area contributed by atoms with Crippen LogP contribution in [-0.2, 0) is 9.84 Å². The average Bonchev–Trinajstić information content (AvgIpc) is 3.15. The van der Waals surface area contributed by atoms with E-state index in [0.717, 1.165) is 11.8 Å². The quantitative estimate of drug-likeness (QED) is 0.430. The van der Waals surface area contributed by atoms with Crippen LogP contribution in [0.25, 0.3) is 28.2 Å². The van der Waals surface area contributed by atoms with E-state index in [4.69, 9.17) is 11.6 Å². The molecule has 4 aromatic rings. The van der Waals surface area contributed by atoms with E-state index in [1.165, 1.54) is 6.07 Å². The van der Waals surface area contributed by atoms with Crippen LogP contribution in [0.4, 0.5) is 0 Å². The first-order valence-electron chi connectivity index (χ1n) is 9.36. The molecule has 3 aromatic carbocycles. The number of carboxylic acid groups (broad SMARTS) is 1. The lowest BCUT2D eigenvalue weighted by molar-refractivity contribution is 0.0698. The van der Waals surface area contributed by atoms with Gasteiger partial charge in [0.2, 0.25) is 0 Å². The summed E-state index contributed by atoms with van der Waals surface area (Å²) in [4.78, 5) is 12.3. The minimum atomic E-state index is -3.45. The Kier molecular flexibility index (Phi) is 5.43. The van der Waals surface area contributed by atoms with Gasteiger partial charge in [-0.2, -0.15) is 0 Å². The first-order chi connectivity index (χ1) is 14.8. The molecule has 5 nitrogen and oxygen atoms in total. The summed E-state index contributed by atoms with van der Waals surface area (Å²) in [6.07, 6.45) is 1.14. The van der Waals surface area contributed by atoms with Gasteiger partial charge in [-0.05, 0) is 47.5 Å². The van der Waals surface area contributed by atoms with Crippen molar-refractivity contribution < 1.29 is 18.3 Å². The summed E-state index contributed by atoms with van der Waals surface area (Å²) in [6, 6.07) is 24.3. The zero-order valence-corrected chi connectivity index (χ0v) is 18.1. The Hall–Kier alpha value is -3.35. The molecular weight excluding hydrogens is 434 g/mol. The molecule has 31 heavy (non-hydrogen) atoms. The maximum absolute atomic E-state index is 12.2. The van der Waals surface area contributed by atoms with Crippen LogP contribution in [0.1, 0.15) is 10.4 Å². The molecule has 0 saturated carbocycles. The lowest BCUT2D eigenvalue weighted by Gasteiger charge is -2.16. The molecule has 4 rings (SSSR count). The number of hydrogen-bond donors (Lipinski definition) is 1. The Bertz CT molecular complexity index is 1380. The van der Waals surface area contributed by atoms with E-state index in [0.29, 0.717) is 27.7 Å². The predicted molar refractivity (Wildman–Crippen MR) is 122 cm³/mol. The molecule has 1 heterocycles. The Morgan fingerprint density at radius 3 is 2.16 bits per heavy atom. The van der Waals surface area contributed by atoms with Crippen molar-refractivity contribution >= 4 is 27.4 Å². The third kappa shape index (κ3) is 4.13. The summed E-state index contributed by atoms with van der Waals surface area (Å²) in [5.41, 5.74) is 3.17. The summed E-state index contributed by atoms with van der Waals surface area (Å²) in [7, 11) is -3.45. The normalized spacial score (nSPS) is 11.4. The van der Waals surface area contributed by atoms with Gasteiger partial charge >= 0.3 is 5.97 Å². The van der Waals surface area contributed by atoms with Crippen molar-refractivity contribution in [2.24, 2.45) is 0 Å². The lowest BCUT2D eigenvalue weighted by Crippen LogP contribution is -2.05. The molecule has 0 aliphatic heterocycles. The number of nitrogens with zero attached hydrogens (tertiary/aromatic N) is 1. The molecule has 0 aliphatic carbocycles. The lowest BCUT2D eigenvalue weighted by atomic mass is 10.1. The highest BCUT2D eigenvalue weighted by molar-refractivity contribution is 7.90. The Morgan fingerprint density at radius 2 is 1.55 bits per heavy atom. The number of sulfone groups is 1. The minimum absolute atomic E-state index is 0.112. The van der Waals surface area contributed by atoms with E-state index >= 15 is 0 Å². The molecule has 1 aromatic heterocycles. The number of carboxylic acids is 1. The van der Waals surface area contributed by atoms with Crippen molar-refractivity contribution in [3.8, 4) is 28.2 Å². The van der Waals surface area contributed by atoms with Gasteiger partial charge in [-0.1, -0.05) is 60.1 Å². The van der Waals surface area contributed by atoms with Crippen LogP contribution >= 0.6 is 11.6 Å². The van der Waals surface area contributed by atoms with Crippen LogP contribution in [0, 0.1) is 0 Å². The van der Waals surface area contributed by atoms with Crippen molar-refractivity contribution in [2.45, 2.75) is 4.90 Å². The highest BCUT2D eigenvalue weighted by Gasteiger charge is 2.23. The number of carbonyl (C=O) groups is 1. The van der Waals surface area contributed by atoms with Crippen LogP contribution in [0.3, 0.4) is 0 Å². The van der Waals surface area contributed by atoms with Crippen molar-refractivity contribution in [1.29, 1.82) is 0 Å². The maximum atomic E-state index is 12.2. The number of halogens is 1. The van der Waals surface area contributed by atoms with Crippen molar-refractivity contribution in [3.05, 3.63) is 95.5 Å². The van der Waals surface area contributed by atoms with Gasteiger partial charge in [0.15, 0.2) is 9.84 Å². The fourth-order valence-corrected chi connectivity index (χ4v) is 4.30. The first kappa shape index (κ1) is 20.9. The largest absolute Gasteiger partial charge is 0.478 e. The molecule has 0 spiro atoms. The van der Waals surface area contributed by atoms with Gasteiger partial charge < -0.3 is 9.67 Å². The van der Waals surface area contributed by atoms with Crippen LogP contribution in [-0.4, -0.2) is 30.3 Å². The van der Waals surface area contributed by atoms with Gasteiger partial charge in [0.05, 0.1) is 21.8 Å². The minimum Gasteiger partial charge on any atom is -0.478 e. The molecule has 0 unspecified atom stereocenters. The monoisotopic (exact) mass is 451 g/mol. The fourth-order valence-electron chi connectivity index (χ4n) is 3.51. The fraction of sp³-hybridized carbons (Fsp3) is 0.0417. The Labute approximate surface area is 185 Å². The number of hydrogen-bond acceptors (Lipinski definition) is 3. The molecule has 0 aliphatic rings.